The molecule has 0 saturated carbocycles. The number of fused-ring (bicyclic) bond motifs is 7. The monoisotopic (exact) mass is 735 g/mol. The van der Waals surface area contributed by atoms with Crippen molar-refractivity contribution < 1.29 is 0 Å². The van der Waals surface area contributed by atoms with Gasteiger partial charge in [0.05, 0.1) is 0 Å². The van der Waals surface area contributed by atoms with Gasteiger partial charge in [0.2, 0.25) is 0 Å². The van der Waals surface area contributed by atoms with Gasteiger partial charge in [-0.1, -0.05) is 146 Å². The summed E-state index contributed by atoms with van der Waals surface area (Å²) in [5.41, 5.74) is 10.7. The summed E-state index contributed by atoms with van der Waals surface area (Å²) in [4.78, 5) is 2.43. The molecule has 0 unspecified atom stereocenters. The summed E-state index contributed by atoms with van der Waals surface area (Å²) in [6.45, 7) is 0. The second kappa shape index (κ2) is 13.1. The molecule has 0 aliphatic carbocycles. The lowest BCUT2D eigenvalue weighted by molar-refractivity contribution is 1.29. The molecule has 0 radical (unpaired) electrons. The molecule has 11 rings (SSSR count). The molecule has 55 heavy (non-hydrogen) atoms. The Bertz CT molecular complexity index is 3200. The van der Waals surface area contributed by atoms with Crippen LogP contribution in [0.5, 0.6) is 0 Å². The lowest BCUT2D eigenvalue weighted by Crippen LogP contribution is -2.10. The first-order valence-corrected chi connectivity index (χ1v) is 20.3. The molecule has 3 heteroatoms. The molecule has 9 aromatic carbocycles. The first-order valence-electron chi connectivity index (χ1n) is 18.7. The number of hydrogen-bond donors (Lipinski definition) is 0. The third kappa shape index (κ3) is 5.43. The largest absolute Gasteiger partial charge is 0.310 e. The van der Waals surface area contributed by atoms with Gasteiger partial charge in [0, 0.05) is 63.0 Å². The number of rotatable bonds is 6. The van der Waals surface area contributed by atoms with Crippen LogP contribution in [-0.4, -0.2) is 0 Å². The minimum absolute atomic E-state index is 1.11. The van der Waals surface area contributed by atoms with E-state index in [1.807, 2.05) is 22.7 Å². The van der Waals surface area contributed by atoms with Crippen molar-refractivity contribution in [2.24, 2.45) is 0 Å². The van der Waals surface area contributed by atoms with Crippen LogP contribution in [0.3, 0.4) is 0 Å². The van der Waals surface area contributed by atoms with Gasteiger partial charge in [-0.05, 0) is 93.2 Å². The summed E-state index contributed by atoms with van der Waals surface area (Å²) in [5, 5.41) is 7.71. The lowest BCUT2D eigenvalue weighted by atomic mass is 9.92. The third-order valence-corrected chi connectivity index (χ3v) is 13.3. The van der Waals surface area contributed by atoms with E-state index in [2.05, 4.69) is 205 Å². The van der Waals surface area contributed by atoms with Crippen LogP contribution in [0.25, 0.3) is 84.5 Å². The van der Waals surface area contributed by atoms with E-state index in [9.17, 15) is 0 Å². The van der Waals surface area contributed by atoms with Gasteiger partial charge in [-0.2, -0.15) is 0 Å². The number of nitrogens with zero attached hydrogens (tertiary/aromatic N) is 1. The molecule has 0 amide bonds. The van der Waals surface area contributed by atoms with Crippen molar-refractivity contribution in [3.63, 3.8) is 0 Å². The SMILES string of the molecule is c1ccc(-c2ccc(N(c3ccc(-c4cccc5ccccc45)cc3)c3ccc4sc5ccccc5c4c3)cc2-c2cccc3c2sc2ccccc23)cc1. The highest BCUT2D eigenvalue weighted by Gasteiger charge is 2.20. The first-order chi connectivity index (χ1) is 27.3. The van der Waals surface area contributed by atoms with Gasteiger partial charge in [-0.15, -0.1) is 22.7 Å². The van der Waals surface area contributed by atoms with E-state index in [0.717, 1.165) is 17.1 Å². The molecular formula is C52H33NS2. The van der Waals surface area contributed by atoms with Crippen molar-refractivity contribution in [1.82, 2.24) is 0 Å². The van der Waals surface area contributed by atoms with Crippen LogP contribution >= 0.6 is 22.7 Å². The molecule has 0 N–H and O–H groups in total. The topological polar surface area (TPSA) is 3.24 Å². The Morgan fingerprint density at radius 2 is 0.855 bits per heavy atom. The standard InChI is InChI=1S/C52H33NS2/c1-2-12-34(13-3-1)42-30-28-38(32-47(42)46-21-11-20-45-43-17-6-9-23-50(43)55-52(45)46)53(39-29-31-51-48(33-39)44-18-7-8-22-49(44)54-51)37-26-24-36(25-27-37)41-19-10-15-35-14-4-5-16-40(35)41/h1-33H. The van der Waals surface area contributed by atoms with Crippen LogP contribution < -0.4 is 4.90 Å². The molecule has 2 aromatic heterocycles. The Labute approximate surface area is 327 Å². The van der Waals surface area contributed by atoms with E-state index in [1.165, 1.54) is 84.5 Å². The Morgan fingerprint density at radius 3 is 1.69 bits per heavy atom. The Morgan fingerprint density at radius 1 is 0.291 bits per heavy atom. The average molecular weight is 736 g/mol. The second-order valence-electron chi connectivity index (χ2n) is 14.1. The van der Waals surface area contributed by atoms with E-state index in [0.29, 0.717) is 0 Å². The highest BCUT2D eigenvalue weighted by molar-refractivity contribution is 7.26. The number of thiophene rings is 2. The third-order valence-electron chi connectivity index (χ3n) is 10.9. The number of anilines is 3. The minimum atomic E-state index is 1.11. The molecular weight excluding hydrogens is 703 g/mol. The Balaban J connectivity index is 1.14. The summed E-state index contributed by atoms with van der Waals surface area (Å²) in [6, 6.07) is 73.5. The van der Waals surface area contributed by atoms with Crippen LogP contribution in [0, 0.1) is 0 Å². The zero-order valence-electron chi connectivity index (χ0n) is 29.8. The summed E-state index contributed by atoms with van der Waals surface area (Å²) in [6.07, 6.45) is 0. The molecule has 0 aliphatic rings. The summed E-state index contributed by atoms with van der Waals surface area (Å²) >= 11 is 3.74. The van der Waals surface area contributed by atoms with Gasteiger partial charge in [0.25, 0.3) is 0 Å². The number of benzene rings is 9. The van der Waals surface area contributed by atoms with Crippen LogP contribution in [0.2, 0.25) is 0 Å². The predicted molar refractivity (Wildman–Crippen MR) is 241 cm³/mol. The lowest BCUT2D eigenvalue weighted by Gasteiger charge is -2.27. The zero-order valence-corrected chi connectivity index (χ0v) is 31.4. The van der Waals surface area contributed by atoms with Gasteiger partial charge in [-0.25, -0.2) is 0 Å². The fourth-order valence-corrected chi connectivity index (χ4v) is 10.6. The van der Waals surface area contributed by atoms with Crippen LogP contribution in [-0.2, 0) is 0 Å². The van der Waals surface area contributed by atoms with E-state index < -0.39 is 0 Å². The molecule has 2 heterocycles. The zero-order chi connectivity index (χ0) is 36.3. The van der Waals surface area contributed by atoms with Gasteiger partial charge in [-0.3, -0.25) is 0 Å². The normalized spacial score (nSPS) is 11.6. The first kappa shape index (κ1) is 32.0. The molecule has 258 valence electrons. The van der Waals surface area contributed by atoms with Crippen LogP contribution in [0.1, 0.15) is 0 Å². The highest BCUT2D eigenvalue weighted by atomic mass is 32.1. The molecule has 0 atom stereocenters. The van der Waals surface area contributed by atoms with E-state index in [1.54, 1.807) is 0 Å². The molecule has 0 aliphatic heterocycles. The Hall–Kier alpha value is -6.52. The quantitative estimate of drug-likeness (QED) is 0.164. The van der Waals surface area contributed by atoms with Gasteiger partial charge in [0.1, 0.15) is 0 Å². The fourth-order valence-electron chi connectivity index (χ4n) is 8.29. The molecule has 0 bridgehead atoms. The maximum Gasteiger partial charge on any atom is 0.0468 e. The van der Waals surface area contributed by atoms with Gasteiger partial charge in [0.15, 0.2) is 0 Å². The summed E-state index contributed by atoms with van der Waals surface area (Å²) in [5.74, 6) is 0. The average Bonchev–Trinajstić information content (AvgIpc) is 3.83. The van der Waals surface area contributed by atoms with E-state index in [4.69, 9.17) is 0 Å². The predicted octanol–water partition coefficient (Wildman–Crippen LogP) is 16.0. The second-order valence-corrected chi connectivity index (χ2v) is 16.2. The summed E-state index contributed by atoms with van der Waals surface area (Å²) in [7, 11) is 0. The number of hydrogen-bond acceptors (Lipinski definition) is 3. The molecule has 1 nitrogen and oxygen atoms in total. The molecule has 0 spiro atoms. The summed E-state index contributed by atoms with van der Waals surface area (Å²) < 4.78 is 5.24. The van der Waals surface area contributed by atoms with Crippen molar-refractivity contribution >= 4 is 90.9 Å². The maximum atomic E-state index is 2.43. The van der Waals surface area contributed by atoms with Crippen molar-refractivity contribution in [3.05, 3.63) is 200 Å². The van der Waals surface area contributed by atoms with Crippen LogP contribution in [0.4, 0.5) is 17.1 Å². The fraction of sp³-hybridized carbons (Fsp3) is 0. The van der Waals surface area contributed by atoms with E-state index >= 15 is 0 Å². The van der Waals surface area contributed by atoms with E-state index in [-0.39, 0.29) is 0 Å². The van der Waals surface area contributed by atoms with Crippen molar-refractivity contribution in [2.75, 3.05) is 4.90 Å². The van der Waals surface area contributed by atoms with Crippen molar-refractivity contribution in [3.8, 4) is 33.4 Å². The molecule has 0 fully saturated rings. The minimum Gasteiger partial charge on any atom is -0.310 e. The Kier molecular flexibility index (Phi) is 7.61. The van der Waals surface area contributed by atoms with Gasteiger partial charge < -0.3 is 4.90 Å². The molecule has 0 saturated heterocycles. The highest BCUT2D eigenvalue weighted by Crippen LogP contribution is 2.47. The maximum absolute atomic E-state index is 2.43. The molecule has 11 aromatic rings. The van der Waals surface area contributed by atoms with Crippen molar-refractivity contribution in [1.29, 1.82) is 0 Å². The van der Waals surface area contributed by atoms with Crippen molar-refractivity contribution in [2.45, 2.75) is 0 Å². The smallest absolute Gasteiger partial charge is 0.0468 e. The van der Waals surface area contributed by atoms with Gasteiger partial charge >= 0.3 is 0 Å². The van der Waals surface area contributed by atoms with Crippen LogP contribution in [0.15, 0.2) is 200 Å².